The predicted molar refractivity (Wildman–Crippen MR) is 90.4 cm³/mol. The molecule has 116 valence electrons. The summed E-state index contributed by atoms with van der Waals surface area (Å²) in [5.41, 5.74) is 0.510. The largest absolute Gasteiger partial charge is 0.343 e. The normalized spacial score (nSPS) is 10.7. The van der Waals surface area contributed by atoms with Gasteiger partial charge in [-0.15, -0.1) is 0 Å². The van der Waals surface area contributed by atoms with E-state index in [4.69, 9.17) is 11.6 Å². The van der Waals surface area contributed by atoms with E-state index in [0.29, 0.717) is 21.5 Å². The van der Waals surface area contributed by atoms with Gasteiger partial charge in [-0.25, -0.2) is 0 Å². The van der Waals surface area contributed by atoms with Gasteiger partial charge in [0.15, 0.2) is 5.69 Å². The van der Waals surface area contributed by atoms with E-state index in [1.165, 1.54) is 9.58 Å². The van der Waals surface area contributed by atoms with Gasteiger partial charge in [-0.3, -0.25) is 9.59 Å². The van der Waals surface area contributed by atoms with Crippen LogP contribution in [-0.4, -0.2) is 34.7 Å². The minimum absolute atomic E-state index is 0.236. The number of carbonyl (C=O) groups excluding carboxylic acids is 1. The van der Waals surface area contributed by atoms with E-state index < -0.39 is 0 Å². The lowest BCUT2D eigenvalue weighted by Crippen LogP contribution is -2.29. The number of benzene rings is 2. The zero-order valence-electron chi connectivity index (χ0n) is 12.7. The van der Waals surface area contributed by atoms with E-state index in [2.05, 4.69) is 5.10 Å². The molecule has 1 amide bonds. The molecule has 0 unspecified atom stereocenters. The maximum Gasteiger partial charge on any atom is 0.279 e. The maximum atomic E-state index is 12.7. The number of amides is 1. The fourth-order valence-electron chi connectivity index (χ4n) is 2.32. The van der Waals surface area contributed by atoms with E-state index in [-0.39, 0.29) is 17.2 Å². The first-order valence-electron chi connectivity index (χ1n) is 6.98. The van der Waals surface area contributed by atoms with E-state index in [0.717, 1.165) is 0 Å². The number of rotatable bonds is 2. The first kappa shape index (κ1) is 15.2. The molecule has 2 aromatic carbocycles. The summed E-state index contributed by atoms with van der Waals surface area (Å²) in [7, 11) is 3.30. The summed E-state index contributed by atoms with van der Waals surface area (Å²) < 4.78 is 1.23. The van der Waals surface area contributed by atoms with E-state index in [9.17, 15) is 9.59 Å². The Balaban J connectivity index is 2.35. The topological polar surface area (TPSA) is 55.2 Å². The van der Waals surface area contributed by atoms with Crippen LogP contribution in [0, 0.1) is 0 Å². The zero-order valence-corrected chi connectivity index (χ0v) is 13.4. The van der Waals surface area contributed by atoms with Crippen molar-refractivity contribution in [3.05, 3.63) is 69.6 Å². The highest BCUT2D eigenvalue weighted by Crippen LogP contribution is 2.17. The van der Waals surface area contributed by atoms with Gasteiger partial charge in [0.2, 0.25) is 0 Å². The summed E-state index contributed by atoms with van der Waals surface area (Å²) in [6.45, 7) is 0. The van der Waals surface area contributed by atoms with Crippen LogP contribution in [0.3, 0.4) is 0 Å². The fourth-order valence-corrected chi connectivity index (χ4v) is 2.44. The third kappa shape index (κ3) is 2.71. The molecule has 6 heteroatoms. The SMILES string of the molecule is CN(C)C(=O)c1nn(-c2ccc(Cl)cc2)c(=O)c2ccccc12. The Morgan fingerprint density at radius 3 is 2.26 bits per heavy atom. The molecule has 0 saturated heterocycles. The minimum atomic E-state index is -0.279. The molecule has 0 atom stereocenters. The van der Waals surface area contributed by atoms with Crippen LogP contribution in [0.2, 0.25) is 5.02 Å². The van der Waals surface area contributed by atoms with Gasteiger partial charge in [0.05, 0.1) is 11.1 Å². The molecule has 0 bridgehead atoms. The van der Waals surface area contributed by atoms with Crippen molar-refractivity contribution in [2.24, 2.45) is 0 Å². The molecule has 1 aromatic heterocycles. The lowest BCUT2D eigenvalue weighted by Gasteiger charge is -2.14. The minimum Gasteiger partial charge on any atom is -0.343 e. The summed E-state index contributed by atoms with van der Waals surface area (Å²) in [4.78, 5) is 26.6. The molecular weight excluding hydrogens is 314 g/mol. The van der Waals surface area contributed by atoms with Gasteiger partial charge < -0.3 is 4.90 Å². The van der Waals surface area contributed by atoms with Crippen molar-refractivity contribution in [2.75, 3.05) is 14.1 Å². The van der Waals surface area contributed by atoms with Crippen LogP contribution >= 0.6 is 11.6 Å². The van der Waals surface area contributed by atoms with Crippen LogP contribution < -0.4 is 5.56 Å². The molecule has 23 heavy (non-hydrogen) atoms. The fraction of sp³-hybridized carbons (Fsp3) is 0.118. The van der Waals surface area contributed by atoms with E-state index in [1.54, 1.807) is 62.6 Å². The van der Waals surface area contributed by atoms with Crippen LogP contribution in [0.25, 0.3) is 16.5 Å². The van der Waals surface area contributed by atoms with Gasteiger partial charge in [-0.05, 0) is 30.3 Å². The quantitative estimate of drug-likeness (QED) is 0.727. The third-order valence-electron chi connectivity index (χ3n) is 3.48. The first-order chi connectivity index (χ1) is 11.0. The van der Waals surface area contributed by atoms with Crippen LogP contribution in [0.5, 0.6) is 0 Å². The molecular formula is C17H14ClN3O2. The molecule has 1 heterocycles. The van der Waals surface area contributed by atoms with Gasteiger partial charge in [0.1, 0.15) is 0 Å². The molecule has 5 nitrogen and oxygen atoms in total. The number of aromatic nitrogens is 2. The average Bonchev–Trinajstić information content (AvgIpc) is 2.56. The summed E-state index contributed by atoms with van der Waals surface area (Å²) in [5.74, 6) is -0.260. The number of carbonyl (C=O) groups is 1. The number of halogens is 1. The molecule has 0 fully saturated rings. The second kappa shape index (κ2) is 5.85. The van der Waals surface area contributed by atoms with Gasteiger partial charge in [0, 0.05) is 24.5 Å². The lowest BCUT2D eigenvalue weighted by atomic mass is 10.1. The summed E-state index contributed by atoms with van der Waals surface area (Å²) in [5, 5.41) is 5.84. The summed E-state index contributed by atoms with van der Waals surface area (Å²) in [6, 6.07) is 13.7. The molecule has 0 N–H and O–H groups in total. The van der Waals surface area contributed by atoms with Crippen LogP contribution in [0.4, 0.5) is 0 Å². The summed E-state index contributed by atoms with van der Waals surface area (Å²) >= 11 is 5.89. The van der Waals surface area contributed by atoms with Crippen LogP contribution in [-0.2, 0) is 0 Å². The van der Waals surface area contributed by atoms with Gasteiger partial charge in [-0.1, -0.05) is 29.8 Å². The van der Waals surface area contributed by atoms with Gasteiger partial charge in [0.25, 0.3) is 11.5 Å². The monoisotopic (exact) mass is 327 g/mol. The number of hydrogen-bond acceptors (Lipinski definition) is 3. The highest BCUT2D eigenvalue weighted by Gasteiger charge is 2.18. The zero-order chi connectivity index (χ0) is 16.6. The molecule has 0 spiro atoms. The number of hydrogen-bond donors (Lipinski definition) is 0. The van der Waals surface area contributed by atoms with Crippen molar-refractivity contribution in [1.82, 2.24) is 14.7 Å². The highest BCUT2D eigenvalue weighted by atomic mass is 35.5. The Bertz CT molecular complexity index is 946. The molecule has 0 radical (unpaired) electrons. The van der Waals surface area contributed by atoms with E-state index in [1.807, 2.05) is 0 Å². The van der Waals surface area contributed by atoms with Gasteiger partial charge >= 0.3 is 0 Å². The molecule has 0 saturated carbocycles. The number of nitrogens with zero attached hydrogens (tertiary/aromatic N) is 3. The van der Waals surface area contributed by atoms with E-state index >= 15 is 0 Å². The van der Waals surface area contributed by atoms with Crippen LogP contribution in [0.1, 0.15) is 10.5 Å². The molecule has 0 aliphatic rings. The second-order valence-corrected chi connectivity index (χ2v) is 5.72. The molecule has 0 aliphatic carbocycles. The average molecular weight is 328 g/mol. The Hall–Kier alpha value is -2.66. The summed E-state index contributed by atoms with van der Waals surface area (Å²) in [6.07, 6.45) is 0. The molecule has 3 rings (SSSR count). The molecule has 0 aliphatic heterocycles. The standard InChI is InChI=1S/C17H14ClN3O2/c1-20(2)17(23)15-13-5-3-4-6-14(13)16(22)21(19-15)12-9-7-11(18)8-10-12/h3-10H,1-2H3. The molecule has 3 aromatic rings. The second-order valence-electron chi connectivity index (χ2n) is 5.29. The van der Waals surface area contributed by atoms with Crippen molar-refractivity contribution in [2.45, 2.75) is 0 Å². The van der Waals surface area contributed by atoms with Crippen molar-refractivity contribution in [3.8, 4) is 5.69 Å². The maximum absolute atomic E-state index is 12.7. The number of fused-ring (bicyclic) bond motifs is 1. The first-order valence-corrected chi connectivity index (χ1v) is 7.36. The lowest BCUT2D eigenvalue weighted by molar-refractivity contribution is 0.0822. The Morgan fingerprint density at radius 2 is 1.65 bits per heavy atom. The van der Waals surface area contributed by atoms with Crippen molar-refractivity contribution >= 4 is 28.3 Å². The van der Waals surface area contributed by atoms with Crippen molar-refractivity contribution in [1.29, 1.82) is 0 Å². The Morgan fingerprint density at radius 1 is 1.04 bits per heavy atom. The predicted octanol–water partition coefficient (Wildman–Crippen LogP) is 2.74. The highest BCUT2D eigenvalue weighted by molar-refractivity contribution is 6.30. The van der Waals surface area contributed by atoms with Crippen molar-refractivity contribution in [3.63, 3.8) is 0 Å². The third-order valence-corrected chi connectivity index (χ3v) is 3.74. The van der Waals surface area contributed by atoms with Gasteiger partial charge in [-0.2, -0.15) is 9.78 Å². The smallest absolute Gasteiger partial charge is 0.279 e. The van der Waals surface area contributed by atoms with Crippen LogP contribution in [0.15, 0.2) is 53.3 Å². The Labute approximate surface area is 137 Å². The Kier molecular flexibility index (Phi) is 3.88. The van der Waals surface area contributed by atoms with Crippen molar-refractivity contribution < 1.29 is 4.79 Å².